The molecule has 1 aromatic heterocycles. The van der Waals surface area contributed by atoms with E-state index in [4.69, 9.17) is 11.6 Å². The summed E-state index contributed by atoms with van der Waals surface area (Å²) in [6, 6.07) is 3.28. The van der Waals surface area contributed by atoms with Crippen molar-refractivity contribution < 1.29 is 4.79 Å². The molecule has 1 heterocycles. The van der Waals surface area contributed by atoms with Gasteiger partial charge in [-0.1, -0.05) is 17.7 Å². The molecule has 3 heteroatoms. The topological polar surface area (TPSA) is 30.0 Å². The van der Waals surface area contributed by atoms with Crippen LogP contribution in [0.25, 0.3) is 0 Å². The van der Waals surface area contributed by atoms with Gasteiger partial charge in [-0.25, -0.2) is 4.98 Å². The molecule has 0 radical (unpaired) electrons. The van der Waals surface area contributed by atoms with E-state index in [0.717, 1.165) is 12.8 Å². The maximum Gasteiger partial charge on any atom is 0.163 e. The first-order valence-corrected chi connectivity index (χ1v) is 4.87. The Balaban J connectivity index is 2.56. The molecular formula is C11H12ClNO. The van der Waals surface area contributed by atoms with Gasteiger partial charge in [0.15, 0.2) is 5.78 Å². The van der Waals surface area contributed by atoms with Crippen LogP contribution in [0.5, 0.6) is 0 Å². The SMILES string of the molecule is C=CCCCC(=O)c1ccnc(Cl)c1. The fourth-order valence-corrected chi connectivity index (χ4v) is 1.30. The van der Waals surface area contributed by atoms with Crippen LogP contribution in [-0.4, -0.2) is 10.8 Å². The second-order valence-corrected chi connectivity index (χ2v) is 3.36. The van der Waals surface area contributed by atoms with E-state index in [1.807, 2.05) is 6.08 Å². The first kappa shape index (κ1) is 10.9. The van der Waals surface area contributed by atoms with Crippen LogP contribution in [0.1, 0.15) is 29.6 Å². The first-order chi connectivity index (χ1) is 6.74. The second-order valence-electron chi connectivity index (χ2n) is 2.97. The number of hydrogen-bond donors (Lipinski definition) is 0. The highest BCUT2D eigenvalue weighted by molar-refractivity contribution is 6.29. The summed E-state index contributed by atoms with van der Waals surface area (Å²) in [5.74, 6) is 0.108. The van der Waals surface area contributed by atoms with Gasteiger partial charge in [-0.15, -0.1) is 6.58 Å². The van der Waals surface area contributed by atoms with Crippen molar-refractivity contribution in [3.05, 3.63) is 41.7 Å². The Morgan fingerprint density at radius 3 is 3.07 bits per heavy atom. The van der Waals surface area contributed by atoms with Crippen LogP contribution in [0.4, 0.5) is 0 Å². The molecule has 1 aromatic rings. The maximum absolute atomic E-state index is 11.6. The van der Waals surface area contributed by atoms with Crippen molar-refractivity contribution in [1.82, 2.24) is 4.98 Å². The number of pyridine rings is 1. The summed E-state index contributed by atoms with van der Waals surface area (Å²) < 4.78 is 0. The van der Waals surface area contributed by atoms with Gasteiger partial charge in [0.2, 0.25) is 0 Å². The van der Waals surface area contributed by atoms with Gasteiger partial charge < -0.3 is 0 Å². The summed E-state index contributed by atoms with van der Waals surface area (Å²) in [7, 11) is 0. The summed E-state index contributed by atoms with van der Waals surface area (Å²) >= 11 is 5.67. The van der Waals surface area contributed by atoms with E-state index in [-0.39, 0.29) is 5.78 Å². The van der Waals surface area contributed by atoms with E-state index >= 15 is 0 Å². The highest BCUT2D eigenvalue weighted by atomic mass is 35.5. The molecule has 0 aliphatic carbocycles. The molecule has 2 nitrogen and oxygen atoms in total. The number of Topliss-reactive ketones (excluding diaryl/α,β-unsaturated/α-hetero) is 1. The molecule has 0 spiro atoms. The van der Waals surface area contributed by atoms with E-state index in [1.54, 1.807) is 18.3 Å². The minimum absolute atomic E-state index is 0.108. The molecule has 0 amide bonds. The lowest BCUT2D eigenvalue weighted by atomic mass is 10.1. The van der Waals surface area contributed by atoms with Crippen molar-refractivity contribution in [1.29, 1.82) is 0 Å². The highest BCUT2D eigenvalue weighted by Gasteiger charge is 2.05. The third-order valence-electron chi connectivity index (χ3n) is 1.86. The van der Waals surface area contributed by atoms with Gasteiger partial charge in [0.1, 0.15) is 5.15 Å². The normalized spacial score (nSPS) is 9.79. The molecule has 1 rings (SSSR count). The number of nitrogens with zero attached hydrogens (tertiary/aromatic N) is 1. The predicted octanol–water partition coefficient (Wildman–Crippen LogP) is 3.27. The Hall–Kier alpha value is -1.15. The van der Waals surface area contributed by atoms with Gasteiger partial charge in [-0.3, -0.25) is 4.79 Å². The van der Waals surface area contributed by atoms with Crippen molar-refractivity contribution in [2.45, 2.75) is 19.3 Å². The average molecular weight is 210 g/mol. The molecule has 14 heavy (non-hydrogen) atoms. The molecule has 0 aliphatic rings. The number of halogens is 1. The molecule has 0 N–H and O–H groups in total. The number of aromatic nitrogens is 1. The van der Waals surface area contributed by atoms with Crippen LogP contribution in [0.15, 0.2) is 31.0 Å². The number of carbonyl (C=O) groups is 1. The number of allylic oxidation sites excluding steroid dienone is 1. The smallest absolute Gasteiger partial charge is 0.163 e. The number of unbranched alkanes of at least 4 members (excludes halogenated alkanes) is 1. The fraction of sp³-hybridized carbons (Fsp3) is 0.273. The molecule has 0 atom stereocenters. The minimum Gasteiger partial charge on any atom is -0.294 e. The molecular weight excluding hydrogens is 198 g/mol. The fourth-order valence-electron chi connectivity index (χ4n) is 1.13. The van der Waals surface area contributed by atoms with Crippen LogP contribution in [0.2, 0.25) is 5.15 Å². The zero-order chi connectivity index (χ0) is 10.4. The van der Waals surface area contributed by atoms with Crippen molar-refractivity contribution >= 4 is 17.4 Å². The second kappa shape index (κ2) is 5.55. The lowest BCUT2D eigenvalue weighted by molar-refractivity contribution is 0.0980. The lowest BCUT2D eigenvalue weighted by Gasteiger charge is -1.99. The molecule has 0 saturated carbocycles. The number of rotatable bonds is 5. The quantitative estimate of drug-likeness (QED) is 0.323. The number of hydrogen-bond acceptors (Lipinski definition) is 2. The summed E-state index contributed by atoms with van der Waals surface area (Å²) in [5.41, 5.74) is 0.633. The molecule has 0 unspecified atom stereocenters. The molecule has 0 saturated heterocycles. The Labute approximate surface area is 88.6 Å². The summed E-state index contributed by atoms with van der Waals surface area (Å²) in [6.45, 7) is 3.60. The summed E-state index contributed by atoms with van der Waals surface area (Å²) in [4.78, 5) is 15.4. The zero-order valence-corrected chi connectivity index (χ0v) is 8.63. The van der Waals surface area contributed by atoms with Crippen molar-refractivity contribution in [3.8, 4) is 0 Å². The minimum atomic E-state index is 0.108. The van der Waals surface area contributed by atoms with Crippen molar-refractivity contribution in [3.63, 3.8) is 0 Å². The number of carbonyl (C=O) groups excluding carboxylic acids is 1. The zero-order valence-electron chi connectivity index (χ0n) is 7.87. The van der Waals surface area contributed by atoms with Gasteiger partial charge in [0.25, 0.3) is 0 Å². The third kappa shape index (κ3) is 3.30. The Morgan fingerprint density at radius 1 is 1.64 bits per heavy atom. The molecule has 0 aliphatic heterocycles. The summed E-state index contributed by atoms with van der Waals surface area (Å²) in [6.07, 6.45) is 5.59. The maximum atomic E-state index is 11.6. The lowest BCUT2D eigenvalue weighted by Crippen LogP contribution is -1.98. The van der Waals surface area contributed by atoms with Gasteiger partial charge in [-0.05, 0) is 25.0 Å². The first-order valence-electron chi connectivity index (χ1n) is 4.49. The molecule has 74 valence electrons. The van der Waals surface area contributed by atoms with E-state index in [0.29, 0.717) is 17.1 Å². The van der Waals surface area contributed by atoms with Crippen LogP contribution in [0.3, 0.4) is 0 Å². The van der Waals surface area contributed by atoms with Gasteiger partial charge in [0, 0.05) is 18.2 Å². The van der Waals surface area contributed by atoms with Gasteiger partial charge >= 0.3 is 0 Å². The number of ketones is 1. The standard InChI is InChI=1S/C11H12ClNO/c1-2-3-4-5-10(14)9-6-7-13-11(12)8-9/h2,6-8H,1,3-5H2. The van der Waals surface area contributed by atoms with Crippen LogP contribution in [-0.2, 0) is 0 Å². The Morgan fingerprint density at radius 2 is 2.43 bits per heavy atom. The van der Waals surface area contributed by atoms with Gasteiger partial charge in [0.05, 0.1) is 0 Å². The van der Waals surface area contributed by atoms with E-state index in [1.165, 1.54) is 0 Å². The van der Waals surface area contributed by atoms with Crippen LogP contribution >= 0.6 is 11.6 Å². The largest absolute Gasteiger partial charge is 0.294 e. The highest BCUT2D eigenvalue weighted by Crippen LogP contribution is 2.10. The van der Waals surface area contributed by atoms with Crippen LogP contribution in [0, 0.1) is 0 Å². The van der Waals surface area contributed by atoms with E-state index in [2.05, 4.69) is 11.6 Å². The Kier molecular flexibility index (Phi) is 4.33. The van der Waals surface area contributed by atoms with E-state index < -0.39 is 0 Å². The molecule has 0 bridgehead atoms. The molecule has 0 aromatic carbocycles. The average Bonchev–Trinajstić information content (AvgIpc) is 2.18. The van der Waals surface area contributed by atoms with Crippen LogP contribution < -0.4 is 0 Å². The van der Waals surface area contributed by atoms with Crippen molar-refractivity contribution in [2.75, 3.05) is 0 Å². The third-order valence-corrected chi connectivity index (χ3v) is 2.07. The predicted molar refractivity (Wildman–Crippen MR) is 57.6 cm³/mol. The monoisotopic (exact) mass is 209 g/mol. The van der Waals surface area contributed by atoms with Crippen molar-refractivity contribution in [2.24, 2.45) is 0 Å². The van der Waals surface area contributed by atoms with E-state index in [9.17, 15) is 4.79 Å². The molecule has 0 fully saturated rings. The van der Waals surface area contributed by atoms with Gasteiger partial charge in [-0.2, -0.15) is 0 Å². The summed E-state index contributed by atoms with van der Waals surface area (Å²) in [5, 5.41) is 0.361. The Bertz CT molecular complexity index is 336.